The Morgan fingerprint density at radius 2 is 2.60 bits per heavy atom. The summed E-state index contributed by atoms with van der Waals surface area (Å²) in [6.45, 7) is 5.51. The van der Waals surface area contributed by atoms with Crippen LogP contribution < -0.4 is 0 Å². The third kappa shape index (κ3) is 2.12. The van der Waals surface area contributed by atoms with Crippen LogP contribution in [0, 0.1) is 0 Å². The fraction of sp³-hybridized carbons (Fsp3) is 0.750. The number of rotatable bonds is 2. The van der Waals surface area contributed by atoms with Crippen LogP contribution in [0.3, 0.4) is 0 Å². The van der Waals surface area contributed by atoms with Gasteiger partial charge >= 0.3 is 0 Å². The zero-order chi connectivity index (χ0) is 7.40. The van der Waals surface area contributed by atoms with E-state index >= 15 is 0 Å². The van der Waals surface area contributed by atoms with E-state index in [-0.39, 0.29) is 6.29 Å². The van der Waals surface area contributed by atoms with Crippen molar-refractivity contribution in [3.05, 3.63) is 11.6 Å². The first-order valence-corrected chi connectivity index (χ1v) is 3.71. The Labute approximate surface area is 61.8 Å². The van der Waals surface area contributed by atoms with E-state index < -0.39 is 0 Å². The molecule has 0 radical (unpaired) electrons. The summed E-state index contributed by atoms with van der Waals surface area (Å²) in [5.74, 6) is 0. The molecule has 0 spiro atoms. The van der Waals surface area contributed by atoms with Crippen LogP contribution in [0.15, 0.2) is 11.6 Å². The lowest BCUT2D eigenvalue weighted by Crippen LogP contribution is -2.20. The highest BCUT2D eigenvalue weighted by molar-refractivity contribution is 5.01. The summed E-state index contributed by atoms with van der Waals surface area (Å²) in [6.07, 6.45) is 3.08. The second-order valence-corrected chi connectivity index (χ2v) is 2.48. The van der Waals surface area contributed by atoms with Crippen molar-refractivity contribution < 1.29 is 9.47 Å². The van der Waals surface area contributed by atoms with Crippen LogP contribution in [0.2, 0.25) is 0 Å². The Kier molecular flexibility index (Phi) is 2.90. The van der Waals surface area contributed by atoms with E-state index in [4.69, 9.17) is 9.47 Å². The Balaban J connectivity index is 2.27. The summed E-state index contributed by atoms with van der Waals surface area (Å²) in [7, 11) is 0. The molecule has 1 rings (SSSR count). The molecule has 0 aliphatic carbocycles. The highest BCUT2D eigenvalue weighted by Gasteiger charge is 2.11. The van der Waals surface area contributed by atoms with Gasteiger partial charge in [-0.05, 0) is 13.8 Å². The van der Waals surface area contributed by atoms with Crippen LogP contribution in [0.4, 0.5) is 0 Å². The van der Waals surface area contributed by atoms with Crippen molar-refractivity contribution in [2.45, 2.75) is 26.6 Å². The molecule has 1 heterocycles. The molecule has 1 unspecified atom stereocenters. The molecule has 0 saturated heterocycles. The van der Waals surface area contributed by atoms with Gasteiger partial charge in [-0.25, -0.2) is 0 Å². The summed E-state index contributed by atoms with van der Waals surface area (Å²) < 4.78 is 10.6. The van der Waals surface area contributed by atoms with Gasteiger partial charge in [-0.15, -0.1) is 0 Å². The van der Waals surface area contributed by atoms with E-state index in [1.165, 1.54) is 5.57 Å². The van der Waals surface area contributed by atoms with Crippen molar-refractivity contribution in [2.75, 3.05) is 13.2 Å². The van der Waals surface area contributed by atoms with Crippen LogP contribution in [-0.2, 0) is 9.47 Å². The van der Waals surface area contributed by atoms with Crippen molar-refractivity contribution in [1.82, 2.24) is 0 Å². The molecule has 0 N–H and O–H groups in total. The third-order valence-electron chi connectivity index (χ3n) is 1.51. The van der Waals surface area contributed by atoms with Crippen molar-refractivity contribution in [3.8, 4) is 0 Å². The van der Waals surface area contributed by atoms with E-state index in [0.717, 1.165) is 19.6 Å². The maximum atomic E-state index is 5.34. The fourth-order valence-corrected chi connectivity index (χ4v) is 0.951. The third-order valence-corrected chi connectivity index (χ3v) is 1.51. The molecule has 0 aromatic carbocycles. The molecule has 0 aromatic heterocycles. The summed E-state index contributed by atoms with van der Waals surface area (Å²) in [5, 5.41) is 0. The lowest BCUT2D eigenvalue weighted by molar-refractivity contribution is -0.135. The minimum atomic E-state index is 0.00806. The van der Waals surface area contributed by atoms with Crippen molar-refractivity contribution in [3.63, 3.8) is 0 Å². The van der Waals surface area contributed by atoms with E-state index in [1.807, 2.05) is 6.92 Å². The summed E-state index contributed by atoms with van der Waals surface area (Å²) >= 11 is 0. The number of hydrogen-bond acceptors (Lipinski definition) is 2. The molecular formula is C8H14O2. The summed E-state index contributed by atoms with van der Waals surface area (Å²) in [6, 6.07) is 0. The standard InChI is InChI=1S/C8H14O2/c1-3-9-8-5-4-7(2)6-10-8/h4,8H,3,5-6H2,1-2H3. The van der Waals surface area contributed by atoms with Crippen LogP contribution in [-0.4, -0.2) is 19.5 Å². The molecule has 1 aliphatic heterocycles. The highest BCUT2D eigenvalue weighted by Crippen LogP contribution is 2.12. The molecule has 10 heavy (non-hydrogen) atoms. The molecule has 0 bridgehead atoms. The SMILES string of the molecule is CCOC1CC=C(C)CO1. The van der Waals surface area contributed by atoms with Crippen LogP contribution >= 0.6 is 0 Å². The molecule has 0 amide bonds. The normalized spacial score (nSPS) is 26.2. The van der Waals surface area contributed by atoms with Crippen molar-refractivity contribution in [1.29, 1.82) is 0 Å². The van der Waals surface area contributed by atoms with Gasteiger partial charge in [-0.2, -0.15) is 0 Å². The van der Waals surface area contributed by atoms with Gasteiger partial charge in [0.15, 0.2) is 6.29 Å². The Morgan fingerprint density at radius 1 is 1.80 bits per heavy atom. The van der Waals surface area contributed by atoms with E-state index in [1.54, 1.807) is 0 Å². The zero-order valence-electron chi connectivity index (χ0n) is 6.59. The predicted molar refractivity (Wildman–Crippen MR) is 39.7 cm³/mol. The molecule has 1 atom stereocenters. The van der Waals surface area contributed by atoms with Gasteiger partial charge in [0, 0.05) is 13.0 Å². The van der Waals surface area contributed by atoms with Gasteiger partial charge in [-0.3, -0.25) is 0 Å². The molecule has 0 fully saturated rings. The first-order valence-electron chi connectivity index (χ1n) is 3.71. The van der Waals surface area contributed by atoms with Crippen LogP contribution in [0.1, 0.15) is 20.3 Å². The summed E-state index contributed by atoms with van der Waals surface area (Å²) in [5.41, 5.74) is 1.30. The zero-order valence-corrected chi connectivity index (χ0v) is 6.59. The largest absolute Gasteiger partial charge is 0.353 e. The van der Waals surface area contributed by atoms with Gasteiger partial charge in [-0.1, -0.05) is 11.6 Å². The topological polar surface area (TPSA) is 18.5 Å². The Hall–Kier alpha value is -0.340. The van der Waals surface area contributed by atoms with Crippen molar-refractivity contribution in [2.24, 2.45) is 0 Å². The number of hydrogen-bond donors (Lipinski definition) is 0. The molecular weight excluding hydrogens is 128 g/mol. The molecule has 1 aliphatic rings. The first-order chi connectivity index (χ1) is 4.83. The van der Waals surface area contributed by atoms with E-state index in [0.29, 0.717) is 0 Å². The Morgan fingerprint density at radius 3 is 3.10 bits per heavy atom. The fourth-order valence-electron chi connectivity index (χ4n) is 0.951. The predicted octanol–water partition coefficient (Wildman–Crippen LogP) is 1.72. The average Bonchev–Trinajstić information content (AvgIpc) is 1.95. The van der Waals surface area contributed by atoms with Crippen LogP contribution in [0.5, 0.6) is 0 Å². The van der Waals surface area contributed by atoms with Crippen LogP contribution in [0.25, 0.3) is 0 Å². The van der Waals surface area contributed by atoms with Gasteiger partial charge in [0.05, 0.1) is 6.61 Å². The number of ether oxygens (including phenoxy) is 2. The van der Waals surface area contributed by atoms with Gasteiger partial charge < -0.3 is 9.47 Å². The van der Waals surface area contributed by atoms with Gasteiger partial charge in [0.25, 0.3) is 0 Å². The van der Waals surface area contributed by atoms with Crippen molar-refractivity contribution >= 4 is 0 Å². The second kappa shape index (κ2) is 3.74. The first kappa shape index (κ1) is 7.76. The smallest absolute Gasteiger partial charge is 0.161 e. The molecule has 0 saturated carbocycles. The average molecular weight is 142 g/mol. The Bertz CT molecular complexity index is 129. The minimum Gasteiger partial charge on any atom is -0.353 e. The summed E-state index contributed by atoms with van der Waals surface area (Å²) in [4.78, 5) is 0. The van der Waals surface area contributed by atoms with Gasteiger partial charge in [0.1, 0.15) is 0 Å². The second-order valence-electron chi connectivity index (χ2n) is 2.48. The maximum Gasteiger partial charge on any atom is 0.161 e. The molecule has 2 heteroatoms. The lowest BCUT2D eigenvalue weighted by atomic mass is 10.2. The van der Waals surface area contributed by atoms with Gasteiger partial charge in [0.2, 0.25) is 0 Å². The molecule has 58 valence electrons. The highest BCUT2D eigenvalue weighted by atomic mass is 16.7. The minimum absolute atomic E-state index is 0.00806. The molecule has 2 nitrogen and oxygen atoms in total. The molecule has 0 aromatic rings. The lowest BCUT2D eigenvalue weighted by Gasteiger charge is -2.20. The van der Waals surface area contributed by atoms with E-state index in [2.05, 4.69) is 13.0 Å². The van der Waals surface area contributed by atoms with E-state index in [9.17, 15) is 0 Å². The maximum absolute atomic E-state index is 5.34. The quantitative estimate of drug-likeness (QED) is 0.546. The monoisotopic (exact) mass is 142 g/mol.